The van der Waals surface area contributed by atoms with Gasteiger partial charge >= 0.3 is 0 Å². The van der Waals surface area contributed by atoms with E-state index in [1.54, 1.807) is 6.07 Å². The molecule has 0 spiro atoms. The Bertz CT molecular complexity index is 762. The second kappa shape index (κ2) is 5.11. The Hall–Kier alpha value is -1.95. The predicted molar refractivity (Wildman–Crippen MR) is 77.5 cm³/mol. The van der Waals surface area contributed by atoms with Gasteiger partial charge in [-0.1, -0.05) is 15.9 Å². The van der Waals surface area contributed by atoms with Gasteiger partial charge in [-0.15, -0.1) is 0 Å². The number of halogens is 3. The predicted octanol–water partition coefficient (Wildman–Crippen LogP) is 3.48. The third-order valence-electron chi connectivity index (χ3n) is 3.33. The molecule has 3 nitrogen and oxygen atoms in total. The molecule has 2 aromatic rings. The first-order valence-electron chi connectivity index (χ1n) is 6.22. The number of benzene rings is 2. The summed E-state index contributed by atoms with van der Waals surface area (Å²) in [5, 5.41) is 0. The van der Waals surface area contributed by atoms with Crippen LogP contribution in [0.2, 0.25) is 0 Å². The highest BCUT2D eigenvalue weighted by Crippen LogP contribution is 2.35. The summed E-state index contributed by atoms with van der Waals surface area (Å²) in [6, 6.07) is 5.08. The average molecular weight is 354 g/mol. The van der Waals surface area contributed by atoms with E-state index in [1.165, 1.54) is 0 Å². The summed E-state index contributed by atoms with van der Waals surface area (Å²) in [5.41, 5.74) is 6.63. The molecule has 0 saturated carbocycles. The van der Waals surface area contributed by atoms with Crippen molar-refractivity contribution in [1.29, 1.82) is 0 Å². The molecule has 1 aliphatic rings. The minimum absolute atomic E-state index is 0.0790. The van der Waals surface area contributed by atoms with Gasteiger partial charge in [0, 0.05) is 28.2 Å². The Morgan fingerprint density at radius 1 is 1.14 bits per heavy atom. The van der Waals surface area contributed by atoms with Crippen molar-refractivity contribution in [2.24, 2.45) is 0 Å². The Morgan fingerprint density at radius 3 is 2.62 bits per heavy atom. The van der Waals surface area contributed by atoms with Crippen LogP contribution in [0.5, 0.6) is 5.75 Å². The maximum Gasteiger partial charge on any atom is 0.198 e. The van der Waals surface area contributed by atoms with E-state index in [9.17, 15) is 13.6 Å². The molecule has 0 aromatic heterocycles. The Balaban J connectivity index is 2.14. The summed E-state index contributed by atoms with van der Waals surface area (Å²) < 4.78 is 32.7. The fourth-order valence-corrected chi connectivity index (χ4v) is 2.85. The molecule has 21 heavy (non-hydrogen) atoms. The summed E-state index contributed by atoms with van der Waals surface area (Å²) in [7, 11) is 0. The number of ketones is 1. The highest BCUT2D eigenvalue weighted by Gasteiger charge is 2.24. The van der Waals surface area contributed by atoms with Crippen LogP contribution in [0.3, 0.4) is 0 Å². The van der Waals surface area contributed by atoms with Crippen molar-refractivity contribution in [1.82, 2.24) is 0 Å². The average Bonchev–Trinajstić information content (AvgIpc) is 2.89. The number of carbonyl (C=O) groups excluding carboxylic acids is 1. The van der Waals surface area contributed by atoms with Gasteiger partial charge in [0.2, 0.25) is 0 Å². The molecule has 108 valence electrons. The van der Waals surface area contributed by atoms with E-state index in [0.717, 1.165) is 22.2 Å². The zero-order chi connectivity index (χ0) is 15.1. The Kier molecular flexibility index (Phi) is 3.41. The Morgan fingerprint density at radius 2 is 1.86 bits per heavy atom. The quantitative estimate of drug-likeness (QED) is 0.664. The first kappa shape index (κ1) is 14.0. The number of anilines is 1. The number of ether oxygens (including phenoxy) is 1. The highest BCUT2D eigenvalue weighted by molar-refractivity contribution is 9.10. The number of nitrogens with two attached hydrogens (primary N) is 1. The topological polar surface area (TPSA) is 52.3 Å². The van der Waals surface area contributed by atoms with Gasteiger partial charge in [0.25, 0.3) is 0 Å². The lowest BCUT2D eigenvalue weighted by atomic mass is 9.98. The van der Waals surface area contributed by atoms with Crippen LogP contribution in [0.1, 0.15) is 21.5 Å². The summed E-state index contributed by atoms with van der Waals surface area (Å²) in [6.07, 6.45) is 0.697. The highest BCUT2D eigenvalue weighted by atomic mass is 79.9. The normalized spacial score (nSPS) is 12.9. The molecule has 0 radical (unpaired) electrons. The van der Waals surface area contributed by atoms with Gasteiger partial charge in [-0.25, -0.2) is 8.78 Å². The number of fused-ring (bicyclic) bond motifs is 1. The number of hydrogen-bond donors (Lipinski definition) is 1. The van der Waals surface area contributed by atoms with Crippen molar-refractivity contribution in [2.45, 2.75) is 6.42 Å². The fraction of sp³-hybridized carbons (Fsp3) is 0.133. The van der Waals surface area contributed by atoms with Crippen molar-refractivity contribution in [3.05, 3.63) is 57.1 Å². The van der Waals surface area contributed by atoms with Crippen LogP contribution in [0.15, 0.2) is 28.7 Å². The van der Waals surface area contributed by atoms with Crippen LogP contribution in [-0.4, -0.2) is 12.4 Å². The lowest BCUT2D eigenvalue weighted by Crippen LogP contribution is -2.08. The minimum atomic E-state index is -1.11. The molecular formula is C15H10BrF2NO2. The first-order valence-corrected chi connectivity index (χ1v) is 7.01. The van der Waals surface area contributed by atoms with Gasteiger partial charge in [-0.2, -0.15) is 0 Å². The second-order valence-electron chi connectivity index (χ2n) is 4.72. The molecule has 2 N–H and O–H groups in total. The van der Waals surface area contributed by atoms with E-state index < -0.39 is 17.4 Å². The molecule has 0 atom stereocenters. The molecule has 6 heteroatoms. The van der Waals surface area contributed by atoms with E-state index in [0.29, 0.717) is 18.8 Å². The SMILES string of the molecule is Nc1cc(F)c(F)cc1C(=O)c1cc(Br)cc2c1OCC2. The standard InChI is InChI=1S/C15H10BrF2NO2/c16-8-3-7-1-2-21-15(7)10(4-8)14(20)9-5-11(17)12(18)6-13(9)19/h3-6H,1-2,19H2. The largest absolute Gasteiger partial charge is 0.492 e. The molecule has 1 aliphatic heterocycles. The molecule has 3 rings (SSSR count). The molecule has 2 aromatic carbocycles. The van der Waals surface area contributed by atoms with Crippen LogP contribution in [0.25, 0.3) is 0 Å². The molecule has 0 aliphatic carbocycles. The van der Waals surface area contributed by atoms with Crippen molar-refractivity contribution >= 4 is 27.4 Å². The third kappa shape index (κ3) is 2.40. The summed E-state index contributed by atoms with van der Waals surface area (Å²) >= 11 is 3.33. The van der Waals surface area contributed by atoms with Crippen molar-refractivity contribution < 1.29 is 18.3 Å². The van der Waals surface area contributed by atoms with Gasteiger partial charge in [0.1, 0.15) is 5.75 Å². The van der Waals surface area contributed by atoms with Crippen LogP contribution >= 0.6 is 15.9 Å². The van der Waals surface area contributed by atoms with Crippen LogP contribution in [0.4, 0.5) is 14.5 Å². The fourth-order valence-electron chi connectivity index (χ4n) is 2.34. The number of hydrogen-bond acceptors (Lipinski definition) is 3. The van der Waals surface area contributed by atoms with Crippen LogP contribution < -0.4 is 10.5 Å². The third-order valence-corrected chi connectivity index (χ3v) is 3.79. The molecule has 0 bridgehead atoms. The first-order chi connectivity index (χ1) is 9.97. The van der Waals surface area contributed by atoms with E-state index >= 15 is 0 Å². The molecule has 0 unspecified atom stereocenters. The summed E-state index contributed by atoms with van der Waals surface area (Å²) in [6.45, 7) is 0.485. The minimum Gasteiger partial charge on any atom is -0.492 e. The molecule has 0 saturated heterocycles. The lowest BCUT2D eigenvalue weighted by molar-refractivity contribution is 0.103. The number of carbonyl (C=O) groups is 1. The Labute approximate surface area is 127 Å². The molecular weight excluding hydrogens is 344 g/mol. The maximum atomic E-state index is 13.4. The zero-order valence-electron chi connectivity index (χ0n) is 10.8. The molecule has 0 amide bonds. The van der Waals surface area contributed by atoms with Crippen molar-refractivity contribution in [3.8, 4) is 5.75 Å². The number of rotatable bonds is 2. The van der Waals surface area contributed by atoms with E-state index in [2.05, 4.69) is 15.9 Å². The van der Waals surface area contributed by atoms with E-state index in [1.807, 2.05) is 6.07 Å². The van der Waals surface area contributed by atoms with Gasteiger partial charge in [-0.05, 0) is 23.8 Å². The van der Waals surface area contributed by atoms with Gasteiger partial charge < -0.3 is 10.5 Å². The smallest absolute Gasteiger partial charge is 0.198 e. The van der Waals surface area contributed by atoms with E-state index in [-0.39, 0.29) is 16.8 Å². The van der Waals surface area contributed by atoms with Crippen molar-refractivity contribution in [3.63, 3.8) is 0 Å². The van der Waals surface area contributed by atoms with E-state index in [4.69, 9.17) is 10.5 Å². The zero-order valence-corrected chi connectivity index (χ0v) is 12.3. The summed E-state index contributed by atoms with van der Waals surface area (Å²) in [4.78, 5) is 12.6. The lowest BCUT2D eigenvalue weighted by Gasteiger charge is -2.10. The van der Waals surface area contributed by atoms with Crippen molar-refractivity contribution in [2.75, 3.05) is 12.3 Å². The van der Waals surface area contributed by atoms with Gasteiger partial charge in [0.15, 0.2) is 17.4 Å². The summed E-state index contributed by atoms with van der Waals surface area (Å²) in [5.74, 6) is -2.21. The van der Waals surface area contributed by atoms with Crippen LogP contribution in [0, 0.1) is 11.6 Å². The molecule has 0 fully saturated rings. The second-order valence-corrected chi connectivity index (χ2v) is 5.64. The van der Waals surface area contributed by atoms with Crippen LogP contribution in [-0.2, 0) is 6.42 Å². The maximum absolute atomic E-state index is 13.4. The monoisotopic (exact) mass is 353 g/mol. The van der Waals surface area contributed by atoms with Gasteiger partial charge in [0.05, 0.1) is 12.2 Å². The molecule has 1 heterocycles. The van der Waals surface area contributed by atoms with Gasteiger partial charge in [-0.3, -0.25) is 4.79 Å². The number of nitrogen functional groups attached to an aromatic ring is 1.